The van der Waals surface area contributed by atoms with Crippen LogP contribution in [0, 0.1) is 0 Å². The summed E-state index contributed by atoms with van der Waals surface area (Å²) in [4.78, 5) is 26.0. The van der Waals surface area contributed by atoms with E-state index in [1.807, 2.05) is 0 Å². The monoisotopic (exact) mass is 472 g/mol. The maximum Gasteiger partial charge on any atom is 0.330 e. The Morgan fingerprint density at radius 1 is 1.06 bits per heavy atom. The number of aromatic amines is 1. The van der Waals surface area contributed by atoms with Crippen molar-refractivity contribution in [2.75, 3.05) is 6.61 Å². The van der Waals surface area contributed by atoms with Gasteiger partial charge in [0.25, 0.3) is 5.56 Å². The fourth-order valence-corrected chi connectivity index (χ4v) is 5.22. The van der Waals surface area contributed by atoms with E-state index in [0.717, 1.165) is 0 Å². The average molecular weight is 473 g/mol. The number of hydrogen-bond donors (Lipinski definition) is 2. The minimum absolute atomic E-state index is 0.0231. The number of nitrogens with zero attached hydrogens (tertiary/aromatic N) is 1. The predicted molar refractivity (Wildman–Crippen MR) is 126 cm³/mol. The van der Waals surface area contributed by atoms with Crippen molar-refractivity contribution in [3.63, 3.8) is 0 Å². The Morgan fingerprint density at radius 3 is 2.10 bits per heavy atom. The van der Waals surface area contributed by atoms with E-state index in [1.54, 1.807) is 0 Å². The molecule has 1 aromatic heterocycles. The van der Waals surface area contributed by atoms with Crippen molar-refractivity contribution >= 4 is 16.6 Å². The number of hydrogen-bond acceptors (Lipinski definition) is 6. The van der Waals surface area contributed by atoms with E-state index in [2.05, 4.69) is 72.7 Å². The van der Waals surface area contributed by atoms with Crippen LogP contribution in [0.25, 0.3) is 0 Å². The normalized spacial score (nSPS) is 25.8. The van der Waals surface area contributed by atoms with Crippen molar-refractivity contribution < 1.29 is 18.7 Å². The van der Waals surface area contributed by atoms with E-state index in [0.29, 0.717) is 0 Å². The smallest absolute Gasteiger partial charge is 0.330 e. The molecule has 1 aromatic rings. The largest absolute Gasteiger partial charge is 0.414 e. The third kappa shape index (κ3) is 5.66. The van der Waals surface area contributed by atoms with Crippen molar-refractivity contribution in [2.24, 2.45) is 0 Å². The molecule has 0 radical (unpaired) electrons. The van der Waals surface area contributed by atoms with Crippen LogP contribution in [-0.2, 0) is 13.6 Å². The van der Waals surface area contributed by atoms with Gasteiger partial charge in [0.05, 0.1) is 6.61 Å². The van der Waals surface area contributed by atoms with Gasteiger partial charge in [0, 0.05) is 12.3 Å². The zero-order chi connectivity index (χ0) is 24.0. The molecule has 2 N–H and O–H groups in total. The molecule has 10 heteroatoms. The van der Waals surface area contributed by atoms with Crippen molar-refractivity contribution in [1.29, 1.82) is 0 Å². The molecule has 0 unspecified atom stereocenters. The van der Waals surface area contributed by atoms with Crippen LogP contribution in [0.15, 0.2) is 21.9 Å². The van der Waals surface area contributed by atoms with Gasteiger partial charge < -0.3 is 18.7 Å². The van der Waals surface area contributed by atoms with E-state index in [4.69, 9.17) is 13.6 Å². The minimum Gasteiger partial charge on any atom is -0.414 e. The summed E-state index contributed by atoms with van der Waals surface area (Å²) in [6, 6.07) is 1.24. The van der Waals surface area contributed by atoms with Crippen molar-refractivity contribution in [3.8, 4) is 0 Å². The lowest BCUT2D eigenvalue weighted by atomic mass is 10.1. The Bertz CT molecular complexity index is 881. The molecule has 8 nitrogen and oxygen atoms in total. The Kier molecular flexibility index (Phi) is 7.37. The lowest BCUT2D eigenvalue weighted by Gasteiger charge is -2.41. The first-order valence-electron chi connectivity index (χ1n) is 10.8. The summed E-state index contributed by atoms with van der Waals surface area (Å²) in [6.07, 6.45) is -1.88. The second-order valence-corrected chi connectivity index (χ2v) is 21.1. The number of H-pyrrole nitrogens is 1. The zero-order valence-corrected chi connectivity index (χ0v) is 22.6. The quantitative estimate of drug-likeness (QED) is 0.616. The highest BCUT2D eigenvalue weighted by Gasteiger charge is 2.51. The van der Waals surface area contributed by atoms with E-state index >= 15 is 0 Å². The SMILES string of the molecule is CC(C)(C)[Si](C)(C)OC[C@@H]1O[C@H](n2ccc(=O)[nH]c2=O)[C@@H](O)[C@H]1O[Si](C)(C)C(C)(C)C. The maximum absolute atomic E-state index is 12.3. The Hall–Kier alpha value is -1.05. The molecule has 1 fully saturated rings. The summed E-state index contributed by atoms with van der Waals surface area (Å²) in [5.74, 6) is 0. The third-order valence-electron chi connectivity index (χ3n) is 7.09. The molecule has 2 rings (SSSR count). The molecular weight excluding hydrogens is 432 g/mol. The highest BCUT2D eigenvalue weighted by molar-refractivity contribution is 6.74. The van der Waals surface area contributed by atoms with Crippen LogP contribution in [0.1, 0.15) is 47.8 Å². The van der Waals surface area contributed by atoms with Gasteiger partial charge in [-0.15, -0.1) is 0 Å². The van der Waals surface area contributed by atoms with Crippen molar-refractivity contribution in [1.82, 2.24) is 9.55 Å². The summed E-state index contributed by atoms with van der Waals surface area (Å²) in [7, 11) is -4.31. The first-order valence-corrected chi connectivity index (χ1v) is 16.7. The van der Waals surface area contributed by atoms with Crippen molar-refractivity contribution in [3.05, 3.63) is 33.1 Å². The highest BCUT2D eigenvalue weighted by atomic mass is 28.4. The van der Waals surface area contributed by atoms with Gasteiger partial charge in [-0.2, -0.15) is 0 Å². The Morgan fingerprint density at radius 2 is 1.61 bits per heavy atom. The number of nitrogens with one attached hydrogen (secondary N) is 1. The van der Waals surface area contributed by atoms with Crippen molar-refractivity contribution in [2.45, 2.75) is 102 Å². The summed E-state index contributed by atoms with van der Waals surface area (Å²) in [5, 5.41) is 11.1. The molecule has 0 saturated carbocycles. The van der Waals surface area contributed by atoms with Gasteiger partial charge in [0.2, 0.25) is 0 Å². The lowest BCUT2D eigenvalue weighted by Crippen LogP contribution is -2.51. The number of rotatable bonds is 6. The van der Waals surface area contributed by atoms with Gasteiger partial charge in [-0.3, -0.25) is 14.3 Å². The molecule has 1 aliphatic heterocycles. The first kappa shape index (κ1) is 26.2. The fraction of sp³-hybridized carbons (Fsp3) is 0.810. The Labute approximate surface area is 187 Å². The fourth-order valence-electron chi connectivity index (χ4n) is 2.88. The lowest BCUT2D eigenvalue weighted by molar-refractivity contribution is -0.0528. The standard InChI is InChI=1S/C21H40N2O6Si2/c1-20(2,3)30(7,8)27-13-14-17(29-31(9,10)21(4,5)6)16(25)18(28-14)23-12-11-15(24)22-19(23)26/h11-12,14,16-18,25H,13H2,1-10H3,(H,22,24,26)/t14-,16-,17-,18-/m0/s1. The average Bonchev–Trinajstić information content (AvgIpc) is 2.87. The van der Waals surface area contributed by atoms with Gasteiger partial charge in [-0.1, -0.05) is 41.5 Å². The van der Waals surface area contributed by atoms with Crippen LogP contribution < -0.4 is 11.2 Å². The molecule has 2 heterocycles. The topological polar surface area (TPSA) is 103 Å². The van der Waals surface area contributed by atoms with Crippen LogP contribution in [0.2, 0.25) is 36.3 Å². The van der Waals surface area contributed by atoms with E-state index in [1.165, 1.54) is 16.8 Å². The first-order chi connectivity index (χ1) is 13.9. The number of aliphatic hydroxyl groups is 1. The molecule has 0 spiro atoms. The number of aliphatic hydroxyl groups excluding tert-OH is 1. The summed E-state index contributed by atoms with van der Waals surface area (Å²) in [6.45, 7) is 21.7. The third-order valence-corrected chi connectivity index (χ3v) is 16.1. The second kappa shape index (κ2) is 8.71. The van der Waals surface area contributed by atoms with Gasteiger partial charge in [0.1, 0.15) is 18.3 Å². The molecule has 178 valence electrons. The number of ether oxygens (including phenoxy) is 1. The Balaban J connectivity index is 2.37. The molecule has 1 saturated heterocycles. The molecule has 4 atom stereocenters. The van der Waals surface area contributed by atoms with E-state index < -0.39 is 52.4 Å². The van der Waals surface area contributed by atoms with E-state index in [-0.39, 0.29) is 16.7 Å². The van der Waals surface area contributed by atoms with Crippen LogP contribution in [-0.4, -0.2) is 56.2 Å². The zero-order valence-electron chi connectivity index (χ0n) is 20.6. The molecule has 0 bridgehead atoms. The summed E-state index contributed by atoms with van der Waals surface area (Å²) < 4.78 is 20.3. The molecule has 0 aliphatic carbocycles. The van der Waals surface area contributed by atoms with Crippen LogP contribution in [0.3, 0.4) is 0 Å². The molecule has 0 amide bonds. The maximum atomic E-state index is 12.3. The van der Waals surface area contributed by atoms with Crippen LogP contribution in [0.4, 0.5) is 0 Å². The molecule has 1 aliphatic rings. The minimum atomic E-state index is -2.25. The summed E-state index contributed by atoms with van der Waals surface area (Å²) >= 11 is 0. The van der Waals surface area contributed by atoms with Gasteiger partial charge >= 0.3 is 5.69 Å². The van der Waals surface area contributed by atoms with E-state index in [9.17, 15) is 14.7 Å². The summed E-state index contributed by atoms with van der Waals surface area (Å²) in [5.41, 5.74) is -1.13. The van der Waals surface area contributed by atoms with Crippen LogP contribution in [0.5, 0.6) is 0 Å². The van der Waals surface area contributed by atoms with Gasteiger partial charge in [-0.05, 0) is 36.3 Å². The molecule has 31 heavy (non-hydrogen) atoms. The molecule has 0 aromatic carbocycles. The van der Waals surface area contributed by atoms with Gasteiger partial charge in [0.15, 0.2) is 22.9 Å². The second-order valence-electron chi connectivity index (χ2n) is 11.5. The van der Waals surface area contributed by atoms with Crippen LogP contribution >= 0.6 is 0 Å². The number of aromatic nitrogens is 2. The van der Waals surface area contributed by atoms with Gasteiger partial charge in [-0.25, -0.2) is 4.79 Å². The predicted octanol–water partition coefficient (Wildman–Crippen LogP) is 3.21. The highest BCUT2D eigenvalue weighted by Crippen LogP contribution is 2.42. The molecular formula is C21H40N2O6Si2.